The number of amides is 5. The average Bonchev–Trinajstić information content (AvgIpc) is 3.02. The van der Waals surface area contributed by atoms with Crippen LogP contribution in [0.15, 0.2) is 48.5 Å². The first-order valence-corrected chi connectivity index (χ1v) is 17.1. The van der Waals surface area contributed by atoms with E-state index < -0.39 is 23.2 Å². The molecule has 0 aliphatic carbocycles. The van der Waals surface area contributed by atoms with Crippen LogP contribution >= 0.6 is 23.2 Å². The zero-order valence-corrected chi connectivity index (χ0v) is 29.3. The lowest BCUT2D eigenvalue weighted by Gasteiger charge is -2.43. The summed E-state index contributed by atoms with van der Waals surface area (Å²) >= 11 is 12.5. The Morgan fingerprint density at radius 2 is 1.66 bits per heavy atom. The second-order valence-electron chi connectivity index (χ2n) is 13.5. The van der Waals surface area contributed by atoms with Crippen molar-refractivity contribution in [1.82, 2.24) is 25.8 Å². The number of ether oxygens (including phenoxy) is 1. The van der Waals surface area contributed by atoms with Crippen LogP contribution in [-0.2, 0) is 27.2 Å². The van der Waals surface area contributed by atoms with E-state index in [1.54, 1.807) is 28.0 Å². The van der Waals surface area contributed by atoms with Crippen molar-refractivity contribution in [2.75, 3.05) is 32.7 Å². The van der Waals surface area contributed by atoms with E-state index in [4.69, 9.17) is 27.9 Å². The molecule has 2 aliphatic heterocycles. The Morgan fingerprint density at radius 3 is 2.30 bits per heavy atom. The second kappa shape index (κ2) is 16.1. The maximum absolute atomic E-state index is 14.3. The van der Waals surface area contributed by atoms with Crippen LogP contribution in [0.5, 0.6) is 0 Å². The van der Waals surface area contributed by atoms with E-state index in [1.807, 2.05) is 58.0 Å². The van der Waals surface area contributed by atoms with Crippen molar-refractivity contribution >= 4 is 47.1 Å². The molecule has 2 aromatic rings. The van der Waals surface area contributed by atoms with Crippen LogP contribution in [0.3, 0.4) is 0 Å². The molecule has 0 radical (unpaired) electrons. The number of nitrogens with one attached hydrogen (secondary N) is 3. The maximum atomic E-state index is 14.3. The maximum Gasteiger partial charge on any atom is 0.407 e. The van der Waals surface area contributed by atoms with Crippen LogP contribution in [0.1, 0.15) is 64.5 Å². The number of hydrogen-bond donors (Lipinski definition) is 3. The summed E-state index contributed by atoms with van der Waals surface area (Å²) in [6, 6.07) is 13.6. The number of alkyl carbamates (subject to hydrolysis) is 1. The van der Waals surface area contributed by atoms with Gasteiger partial charge in [-0.3, -0.25) is 9.59 Å². The minimum Gasteiger partial charge on any atom is -0.444 e. The minimum absolute atomic E-state index is 0.0747. The van der Waals surface area contributed by atoms with Gasteiger partial charge in [-0.25, -0.2) is 9.59 Å². The smallest absolute Gasteiger partial charge is 0.407 e. The Bertz CT molecular complexity index is 1410. The number of rotatable bonds is 9. The SMILES string of the molecule is CCNC(=O)[C@]1(Cc2ccccc2)CCCN(C(=O)[C@@H](Cc2ccc(Cl)c(Cl)c2)NC(=O)N2CCC(NC(=O)OC(C)(C)C)CC2)C1. The van der Waals surface area contributed by atoms with E-state index >= 15 is 0 Å². The number of carbonyl (C=O) groups is 4. The standard InChI is InChI=1S/C35H47Cl2N5O5/c1-5-38-31(44)35(22-24-10-7-6-8-11-24)16-9-17-42(23-35)30(43)29(21-25-12-13-27(36)28(37)20-25)40-32(45)41-18-14-26(15-19-41)39-33(46)47-34(2,3)4/h6-8,10-13,20,26,29H,5,9,14-19,21-23H2,1-4H3,(H,38,44)(H,39,46)(H,40,45)/t29-,35+/m1/s1. The molecule has 3 N–H and O–H groups in total. The van der Waals surface area contributed by atoms with Crippen molar-refractivity contribution < 1.29 is 23.9 Å². The highest BCUT2D eigenvalue weighted by molar-refractivity contribution is 6.42. The van der Waals surface area contributed by atoms with Gasteiger partial charge in [-0.2, -0.15) is 0 Å². The second-order valence-corrected chi connectivity index (χ2v) is 14.3. The number of carbonyl (C=O) groups excluding carboxylic acids is 4. The number of nitrogens with zero attached hydrogens (tertiary/aromatic N) is 2. The fraction of sp³-hybridized carbons (Fsp3) is 0.543. The van der Waals surface area contributed by atoms with Gasteiger partial charge in [0.1, 0.15) is 11.6 Å². The van der Waals surface area contributed by atoms with E-state index in [2.05, 4.69) is 16.0 Å². The molecule has 2 aliphatic rings. The summed E-state index contributed by atoms with van der Waals surface area (Å²) in [5.74, 6) is -0.332. The minimum atomic E-state index is -0.904. The Hall–Kier alpha value is -3.50. The van der Waals surface area contributed by atoms with Crippen LogP contribution in [0.25, 0.3) is 0 Å². The quantitative estimate of drug-likeness (QED) is 0.318. The third-order valence-electron chi connectivity index (χ3n) is 8.62. The molecular formula is C35H47Cl2N5O5. The molecule has 12 heteroatoms. The molecule has 4 rings (SSSR count). The Balaban J connectivity index is 1.50. The number of likely N-dealkylation sites (tertiary alicyclic amines) is 2. The van der Waals surface area contributed by atoms with Gasteiger partial charge in [0.15, 0.2) is 0 Å². The first kappa shape index (κ1) is 36.3. The highest BCUT2D eigenvalue weighted by Gasteiger charge is 2.44. The van der Waals surface area contributed by atoms with Gasteiger partial charge in [0.25, 0.3) is 0 Å². The Morgan fingerprint density at radius 1 is 0.957 bits per heavy atom. The van der Waals surface area contributed by atoms with Crippen LogP contribution in [-0.4, -0.2) is 84.1 Å². The van der Waals surface area contributed by atoms with Crippen molar-refractivity contribution in [1.29, 1.82) is 0 Å². The number of benzene rings is 2. The van der Waals surface area contributed by atoms with Gasteiger partial charge in [-0.15, -0.1) is 0 Å². The van der Waals surface area contributed by atoms with Gasteiger partial charge in [0, 0.05) is 45.2 Å². The molecule has 2 aromatic carbocycles. The van der Waals surface area contributed by atoms with Crippen molar-refractivity contribution in [3.63, 3.8) is 0 Å². The molecule has 47 heavy (non-hydrogen) atoms. The molecule has 0 saturated carbocycles. The molecule has 2 heterocycles. The molecule has 2 fully saturated rings. The first-order chi connectivity index (χ1) is 22.3. The lowest BCUT2D eigenvalue weighted by atomic mass is 9.74. The van der Waals surface area contributed by atoms with E-state index in [0.29, 0.717) is 68.3 Å². The van der Waals surface area contributed by atoms with E-state index in [1.165, 1.54) is 0 Å². The Labute approximate surface area is 287 Å². The van der Waals surface area contributed by atoms with Gasteiger partial charge in [0.05, 0.1) is 15.5 Å². The molecule has 0 aromatic heterocycles. The topological polar surface area (TPSA) is 120 Å². The zero-order valence-electron chi connectivity index (χ0n) is 27.7. The monoisotopic (exact) mass is 687 g/mol. The van der Waals surface area contributed by atoms with E-state index in [-0.39, 0.29) is 36.9 Å². The van der Waals surface area contributed by atoms with Crippen molar-refractivity contribution in [2.24, 2.45) is 5.41 Å². The number of urea groups is 1. The Kier molecular flexibility index (Phi) is 12.4. The molecule has 5 amide bonds. The molecular weight excluding hydrogens is 641 g/mol. The van der Waals surface area contributed by atoms with Gasteiger partial charge < -0.3 is 30.5 Å². The zero-order chi connectivity index (χ0) is 34.2. The summed E-state index contributed by atoms with van der Waals surface area (Å²) < 4.78 is 5.37. The molecule has 0 unspecified atom stereocenters. The normalized spacial score (nSPS) is 19.4. The molecule has 2 saturated heterocycles. The lowest BCUT2D eigenvalue weighted by Crippen LogP contribution is -2.59. The molecule has 2 atom stereocenters. The summed E-state index contributed by atoms with van der Waals surface area (Å²) in [5, 5.41) is 9.64. The van der Waals surface area contributed by atoms with Crippen LogP contribution < -0.4 is 16.0 Å². The highest BCUT2D eigenvalue weighted by atomic mass is 35.5. The van der Waals surface area contributed by atoms with Gasteiger partial charge in [-0.1, -0.05) is 59.6 Å². The van der Waals surface area contributed by atoms with Crippen molar-refractivity contribution in [3.8, 4) is 0 Å². The van der Waals surface area contributed by atoms with Crippen LogP contribution in [0.4, 0.5) is 9.59 Å². The fourth-order valence-corrected chi connectivity index (χ4v) is 6.65. The third kappa shape index (κ3) is 10.2. The summed E-state index contributed by atoms with van der Waals surface area (Å²) in [4.78, 5) is 57.1. The molecule has 256 valence electrons. The lowest BCUT2D eigenvalue weighted by molar-refractivity contribution is -0.142. The third-order valence-corrected chi connectivity index (χ3v) is 9.35. The van der Waals surface area contributed by atoms with Gasteiger partial charge >= 0.3 is 12.1 Å². The fourth-order valence-electron chi connectivity index (χ4n) is 6.33. The van der Waals surface area contributed by atoms with E-state index in [0.717, 1.165) is 11.1 Å². The van der Waals surface area contributed by atoms with Crippen LogP contribution in [0, 0.1) is 5.41 Å². The number of piperidine rings is 2. The van der Waals surface area contributed by atoms with Crippen molar-refractivity contribution in [2.45, 2.75) is 83.9 Å². The summed E-state index contributed by atoms with van der Waals surface area (Å²) in [7, 11) is 0. The predicted molar refractivity (Wildman–Crippen MR) is 184 cm³/mol. The summed E-state index contributed by atoms with van der Waals surface area (Å²) in [5.41, 5.74) is 0.371. The number of hydrogen-bond acceptors (Lipinski definition) is 5. The molecule has 0 bridgehead atoms. The molecule has 0 spiro atoms. The van der Waals surface area contributed by atoms with E-state index in [9.17, 15) is 19.2 Å². The average molecular weight is 689 g/mol. The van der Waals surface area contributed by atoms with Gasteiger partial charge in [-0.05, 0) is 83.1 Å². The van der Waals surface area contributed by atoms with Gasteiger partial charge in [0.2, 0.25) is 11.8 Å². The first-order valence-electron chi connectivity index (χ1n) is 16.4. The highest BCUT2D eigenvalue weighted by Crippen LogP contribution is 2.35. The summed E-state index contributed by atoms with van der Waals surface area (Å²) in [6.07, 6.45) is 2.62. The molecule has 10 nitrogen and oxygen atoms in total. The van der Waals surface area contributed by atoms with Crippen LogP contribution in [0.2, 0.25) is 10.0 Å². The predicted octanol–water partition coefficient (Wildman–Crippen LogP) is 5.59. The largest absolute Gasteiger partial charge is 0.444 e. The summed E-state index contributed by atoms with van der Waals surface area (Å²) in [6.45, 7) is 9.32. The number of halogens is 2. The van der Waals surface area contributed by atoms with Crippen molar-refractivity contribution in [3.05, 3.63) is 69.7 Å².